The number of hydrogen-bond acceptors (Lipinski definition) is 2. The highest BCUT2D eigenvalue weighted by molar-refractivity contribution is 7.03. The van der Waals surface area contributed by atoms with E-state index in [-0.39, 0.29) is 0 Å². The van der Waals surface area contributed by atoms with Crippen LogP contribution in [0.15, 0.2) is 0 Å². The molecule has 0 unspecified atom stereocenters. The predicted molar refractivity (Wildman–Crippen MR) is 84.3 cm³/mol. The average Bonchev–Trinajstić information content (AvgIpc) is 1.95. The van der Waals surface area contributed by atoms with Crippen molar-refractivity contribution in [2.75, 3.05) is 13.6 Å². The Morgan fingerprint density at radius 3 is 1.25 bits per heavy atom. The Labute approximate surface area is 106 Å². The molecule has 0 saturated carbocycles. The van der Waals surface area contributed by atoms with E-state index in [0.29, 0.717) is 0 Å². The van der Waals surface area contributed by atoms with E-state index in [2.05, 4.69) is 74.8 Å². The molecule has 0 aromatic rings. The molecule has 0 amide bonds. The Bertz CT molecular complexity index is 214. The van der Waals surface area contributed by atoms with Crippen molar-refractivity contribution in [1.29, 1.82) is 0 Å². The van der Waals surface area contributed by atoms with Gasteiger partial charge in [-0.2, -0.15) is 0 Å². The first-order valence-corrected chi connectivity index (χ1v) is 16.2. The van der Waals surface area contributed by atoms with Gasteiger partial charge in [0.25, 0.3) is 0 Å². The van der Waals surface area contributed by atoms with Crippen molar-refractivity contribution in [3.8, 4) is 0 Å². The molecule has 0 N–H and O–H groups in total. The Hall–Kier alpha value is 0.571. The quantitative estimate of drug-likeness (QED) is 0.708. The van der Waals surface area contributed by atoms with Crippen LogP contribution in [0.4, 0.5) is 0 Å². The fourth-order valence-electron chi connectivity index (χ4n) is 3.21. The molecule has 0 aliphatic carbocycles. The van der Waals surface area contributed by atoms with Crippen LogP contribution in [0.5, 0.6) is 0 Å². The van der Waals surface area contributed by atoms with Gasteiger partial charge in [0.2, 0.25) is 0 Å². The third-order valence-electron chi connectivity index (χ3n) is 3.30. The van der Waals surface area contributed by atoms with Crippen molar-refractivity contribution in [1.82, 2.24) is 8.46 Å². The minimum Gasteiger partial charge on any atom is -0.356 e. The Morgan fingerprint density at radius 2 is 1.06 bits per heavy atom. The lowest BCUT2D eigenvalue weighted by Gasteiger charge is -2.55. The maximum Gasteiger partial charge on any atom is 0.187 e. The van der Waals surface area contributed by atoms with Crippen LogP contribution >= 0.6 is 0 Å². The smallest absolute Gasteiger partial charge is 0.187 e. The molecule has 2 nitrogen and oxygen atoms in total. The lowest BCUT2D eigenvalue weighted by molar-refractivity contribution is 0.504. The molecular formula is C11H32N2Si3. The normalized spacial score (nSPS) is 15.0. The lowest BCUT2D eigenvalue weighted by Crippen LogP contribution is -2.74. The molecule has 16 heavy (non-hydrogen) atoms. The van der Waals surface area contributed by atoms with Crippen molar-refractivity contribution < 1.29 is 0 Å². The Morgan fingerprint density at radius 1 is 0.750 bits per heavy atom. The van der Waals surface area contributed by atoms with Crippen LogP contribution in [0.2, 0.25) is 52.4 Å². The van der Waals surface area contributed by atoms with Gasteiger partial charge in [-0.25, -0.2) is 0 Å². The van der Waals surface area contributed by atoms with Crippen LogP contribution in [-0.4, -0.2) is 46.9 Å². The highest BCUT2D eigenvalue weighted by Crippen LogP contribution is 2.28. The van der Waals surface area contributed by atoms with Crippen LogP contribution in [0.25, 0.3) is 0 Å². The molecule has 98 valence electrons. The SMILES string of the molecule is CCN(C)[Si](C)(C)N([Si](C)(C)C)[Si](C)(C)C. The average molecular weight is 277 g/mol. The van der Waals surface area contributed by atoms with Gasteiger partial charge in [-0.3, -0.25) is 0 Å². The summed E-state index contributed by atoms with van der Waals surface area (Å²) in [7, 11) is -1.55. The van der Waals surface area contributed by atoms with Crippen molar-refractivity contribution in [2.24, 2.45) is 0 Å². The monoisotopic (exact) mass is 276 g/mol. The maximum absolute atomic E-state index is 3.01. The second-order valence-electron chi connectivity index (χ2n) is 7.19. The van der Waals surface area contributed by atoms with E-state index < -0.39 is 24.9 Å². The largest absolute Gasteiger partial charge is 0.356 e. The number of nitrogens with zero attached hydrogens (tertiary/aromatic N) is 2. The molecule has 0 spiro atoms. The van der Waals surface area contributed by atoms with E-state index in [1.807, 2.05) is 0 Å². The molecule has 0 bridgehead atoms. The summed E-state index contributed by atoms with van der Waals surface area (Å²) >= 11 is 0. The topological polar surface area (TPSA) is 6.48 Å². The molecule has 0 saturated heterocycles. The Kier molecular flexibility index (Phi) is 5.24. The molecule has 0 aromatic heterocycles. The van der Waals surface area contributed by atoms with Crippen LogP contribution in [0.3, 0.4) is 0 Å². The minimum atomic E-state index is -1.42. The summed E-state index contributed by atoms with van der Waals surface area (Å²) in [5.41, 5.74) is 0. The van der Waals surface area contributed by atoms with Crippen molar-refractivity contribution >= 4 is 24.9 Å². The van der Waals surface area contributed by atoms with Crippen molar-refractivity contribution in [3.05, 3.63) is 0 Å². The van der Waals surface area contributed by atoms with Gasteiger partial charge in [-0.15, -0.1) is 0 Å². The third kappa shape index (κ3) is 3.80. The zero-order valence-electron chi connectivity index (χ0n) is 13.1. The molecule has 0 radical (unpaired) electrons. The third-order valence-corrected chi connectivity index (χ3v) is 20.6. The summed E-state index contributed by atoms with van der Waals surface area (Å²) < 4.78 is 5.62. The van der Waals surface area contributed by atoms with E-state index in [1.54, 1.807) is 0 Å². The molecule has 0 rings (SSSR count). The fourth-order valence-corrected chi connectivity index (χ4v) is 26.5. The van der Waals surface area contributed by atoms with E-state index >= 15 is 0 Å². The summed E-state index contributed by atoms with van der Waals surface area (Å²) in [6.07, 6.45) is 0. The van der Waals surface area contributed by atoms with Gasteiger partial charge < -0.3 is 8.46 Å². The summed E-state index contributed by atoms with van der Waals surface area (Å²) in [5.74, 6) is 0. The molecule has 0 aliphatic rings. The number of rotatable bonds is 5. The first-order valence-electron chi connectivity index (χ1n) is 6.36. The summed E-state index contributed by atoms with van der Waals surface area (Å²) in [4.78, 5) is 0. The lowest BCUT2D eigenvalue weighted by atomic mass is 10.8. The van der Waals surface area contributed by atoms with Gasteiger partial charge in [0.1, 0.15) is 16.5 Å². The molecular weight excluding hydrogens is 244 g/mol. The zero-order chi connectivity index (χ0) is 13.4. The standard InChI is InChI=1S/C11H32N2Si3/c1-11-12(2)16(9,10)13(14(3,4)5)15(6,7)8/h11H2,1-10H3. The Balaban J connectivity index is 5.37. The summed E-state index contributed by atoms with van der Waals surface area (Å²) in [6.45, 7) is 23.5. The van der Waals surface area contributed by atoms with Crippen LogP contribution in [0.1, 0.15) is 6.92 Å². The van der Waals surface area contributed by atoms with Gasteiger partial charge >= 0.3 is 0 Å². The van der Waals surface area contributed by atoms with Crippen LogP contribution in [-0.2, 0) is 0 Å². The number of hydrogen-bond donors (Lipinski definition) is 0. The predicted octanol–water partition coefficient (Wildman–Crippen LogP) is 3.61. The van der Waals surface area contributed by atoms with Crippen molar-refractivity contribution in [2.45, 2.75) is 59.3 Å². The zero-order valence-corrected chi connectivity index (χ0v) is 16.1. The second kappa shape index (κ2) is 5.06. The van der Waals surface area contributed by atoms with Gasteiger partial charge in [0.05, 0.1) is 0 Å². The van der Waals surface area contributed by atoms with Gasteiger partial charge in [-0.1, -0.05) is 46.2 Å². The highest BCUT2D eigenvalue weighted by Gasteiger charge is 2.46. The molecule has 0 heterocycles. The van der Waals surface area contributed by atoms with Gasteiger partial charge in [0.15, 0.2) is 8.40 Å². The maximum atomic E-state index is 3.01. The molecule has 0 atom stereocenters. The van der Waals surface area contributed by atoms with Crippen molar-refractivity contribution in [3.63, 3.8) is 0 Å². The highest BCUT2D eigenvalue weighted by atomic mass is 28.5. The molecule has 0 aliphatic heterocycles. The van der Waals surface area contributed by atoms with Crippen LogP contribution < -0.4 is 0 Å². The fraction of sp³-hybridized carbons (Fsp3) is 1.00. The summed E-state index contributed by atoms with van der Waals surface area (Å²) in [6, 6.07) is 0. The summed E-state index contributed by atoms with van der Waals surface area (Å²) in [5, 5.41) is 0. The van der Waals surface area contributed by atoms with E-state index in [1.165, 1.54) is 6.54 Å². The van der Waals surface area contributed by atoms with E-state index in [4.69, 9.17) is 0 Å². The van der Waals surface area contributed by atoms with Gasteiger partial charge in [-0.05, 0) is 26.7 Å². The van der Waals surface area contributed by atoms with E-state index in [0.717, 1.165) is 0 Å². The first-order chi connectivity index (χ1) is 6.85. The minimum absolute atomic E-state index is 1.17. The van der Waals surface area contributed by atoms with Crippen LogP contribution in [0, 0.1) is 0 Å². The molecule has 0 fully saturated rings. The first kappa shape index (κ1) is 16.6. The molecule has 0 aromatic carbocycles. The second-order valence-corrected chi connectivity index (χ2v) is 22.3. The van der Waals surface area contributed by atoms with Gasteiger partial charge in [0, 0.05) is 0 Å². The van der Waals surface area contributed by atoms with E-state index in [9.17, 15) is 0 Å². The molecule has 5 heteroatoms.